The highest BCUT2D eigenvalue weighted by atomic mass is 16.6. The van der Waals surface area contributed by atoms with Gasteiger partial charge in [-0.25, -0.2) is 0 Å². The van der Waals surface area contributed by atoms with Crippen LogP contribution in [0.4, 0.5) is 0 Å². The lowest BCUT2D eigenvalue weighted by Crippen LogP contribution is -2.45. The van der Waals surface area contributed by atoms with Gasteiger partial charge in [-0.2, -0.15) is 0 Å². The predicted octanol–water partition coefficient (Wildman–Crippen LogP) is -1.13. The Morgan fingerprint density at radius 2 is 2.12 bits per heavy atom. The van der Waals surface area contributed by atoms with Gasteiger partial charge in [-0.1, -0.05) is 0 Å². The van der Waals surface area contributed by atoms with Crippen molar-refractivity contribution in [2.75, 3.05) is 19.6 Å². The molecule has 0 bridgehead atoms. The van der Waals surface area contributed by atoms with Crippen molar-refractivity contribution in [3.05, 3.63) is 0 Å². The number of carbonyl (C=O) groups excluding carboxylic acids is 2. The Bertz CT molecular complexity index is 315. The Morgan fingerprint density at radius 3 is 2.71 bits per heavy atom. The molecule has 0 aromatic rings. The fourth-order valence-electron chi connectivity index (χ4n) is 2.47. The Kier molecular flexibility index (Phi) is 3.63. The number of piperidine rings is 1. The van der Waals surface area contributed by atoms with Gasteiger partial charge in [0.05, 0.1) is 6.54 Å². The van der Waals surface area contributed by atoms with Gasteiger partial charge in [-0.05, 0) is 25.9 Å². The van der Waals surface area contributed by atoms with Crippen LogP contribution in [0.5, 0.6) is 0 Å². The summed E-state index contributed by atoms with van der Waals surface area (Å²) in [5.74, 6) is -0.797. The summed E-state index contributed by atoms with van der Waals surface area (Å²) < 4.78 is 4.86. The Hall–Kier alpha value is -1.14. The van der Waals surface area contributed by atoms with Crippen LogP contribution in [0.15, 0.2) is 0 Å². The third-order valence-electron chi connectivity index (χ3n) is 3.30. The number of hydrogen-bond acceptors (Lipinski definition) is 5. The van der Waals surface area contributed by atoms with Gasteiger partial charge >= 0.3 is 5.97 Å². The van der Waals surface area contributed by atoms with E-state index < -0.39 is 18.2 Å². The van der Waals surface area contributed by atoms with Gasteiger partial charge in [-0.3, -0.25) is 9.59 Å². The number of esters is 1. The molecule has 1 amide bonds. The number of hydrogen-bond donors (Lipinski definition) is 2. The molecule has 6 heteroatoms. The van der Waals surface area contributed by atoms with Gasteiger partial charge in [0.1, 0.15) is 6.10 Å². The zero-order valence-electron chi connectivity index (χ0n) is 9.89. The number of aliphatic hydroxyl groups excluding tert-OH is 1. The SMILES string of the molecule is CC(=O)OC1C(=O)N(C2CCNCC2)C[C@H]1O. The van der Waals surface area contributed by atoms with Crippen LogP contribution in [0.2, 0.25) is 0 Å². The van der Waals surface area contributed by atoms with Crippen LogP contribution >= 0.6 is 0 Å². The molecule has 0 aromatic carbocycles. The Labute approximate surface area is 99.9 Å². The average Bonchev–Trinajstić information content (AvgIpc) is 2.58. The highest BCUT2D eigenvalue weighted by Crippen LogP contribution is 2.22. The molecule has 2 aliphatic heterocycles. The maximum Gasteiger partial charge on any atom is 0.303 e. The normalized spacial score (nSPS) is 30.7. The first-order valence-corrected chi connectivity index (χ1v) is 5.96. The molecule has 0 radical (unpaired) electrons. The minimum Gasteiger partial charge on any atom is -0.450 e. The lowest BCUT2D eigenvalue weighted by molar-refractivity contribution is -0.158. The third kappa shape index (κ3) is 2.58. The van der Waals surface area contributed by atoms with Crippen LogP contribution < -0.4 is 5.32 Å². The molecule has 2 saturated heterocycles. The van der Waals surface area contributed by atoms with Crippen molar-refractivity contribution in [1.82, 2.24) is 10.2 Å². The largest absolute Gasteiger partial charge is 0.450 e. The molecule has 0 saturated carbocycles. The number of amides is 1. The Morgan fingerprint density at radius 1 is 1.47 bits per heavy atom. The van der Waals surface area contributed by atoms with Crippen LogP contribution in [-0.4, -0.2) is 59.8 Å². The van der Waals surface area contributed by atoms with E-state index in [1.165, 1.54) is 6.92 Å². The molecule has 0 spiro atoms. The summed E-state index contributed by atoms with van der Waals surface area (Å²) in [4.78, 5) is 24.5. The van der Waals surface area contributed by atoms with E-state index >= 15 is 0 Å². The number of nitrogens with one attached hydrogen (secondary N) is 1. The maximum absolute atomic E-state index is 12.0. The lowest BCUT2D eigenvalue weighted by Gasteiger charge is -2.31. The van der Waals surface area contributed by atoms with Crippen LogP contribution in [0.25, 0.3) is 0 Å². The summed E-state index contributed by atoms with van der Waals surface area (Å²) in [6.45, 7) is 3.26. The molecule has 2 rings (SSSR count). The number of carbonyl (C=O) groups is 2. The zero-order chi connectivity index (χ0) is 12.4. The second-order valence-electron chi connectivity index (χ2n) is 4.57. The summed E-state index contributed by atoms with van der Waals surface area (Å²) in [6.07, 6.45) is -0.153. The first kappa shape index (κ1) is 12.3. The molecule has 17 heavy (non-hydrogen) atoms. The molecule has 2 fully saturated rings. The van der Waals surface area contributed by atoms with E-state index in [0.717, 1.165) is 25.9 Å². The molecule has 6 nitrogen and oxygen atoms in total. The van der Waals surface area contributed by atoms with Crippen LogP contribution in [0.1, 0.15) is 19.8 Å². The first-order chi connectivity index (χ1) is 8.09. The van der Waals surface area contributed by atoms with E-state index in [9.17, 15) is 14.7 Å². The molecule has 96 valence electrons. The van der Waals surface area contributed by atoms with Gasteiger partial charge in [0, 0.05) is 13.0 Å². The van der Waals surface area contributed by atoms with Crippen molar-refractivity contribution in [3.63, 3.8) is 0 Å². The summed E-state index contributed by atoms with van der Waals surface area (Å²) in [7, 11) is 0. The van der Waals surface area contributed by atoms with Crippen molar-refractivity contribution in [1.29, 1.82) is 0 Å². The molecular weight excluding hydrogens is 224 g/mol. The standard InChI is InChI=1S/C11H18N2O4/c1-7(14)17-10-9(15)6-13(11(10)16)8-2-4-12-5-3-8/h8-10,12,15H,2-6H2,1H3/t9-,10?/m1/s1. The third-order valence-corrected chi connectivity index (χ3v) is 3.30. The smallest absolute Gasteiger partial charge is 0.303 e. The van der Waals surface area contributed by atoms with Crippen molar-refractivity contribution in [3.8, 4) is 0 Å². The zero-order valence-corrected chi connectivity index (χ0v) is 9.89. The van der Waals surface area contributed by atoms with Gasteiger partial charge in [0.25, 0.3) is 5.91 Å². The molecule has 0 aliphatic carbocycles. The van der Waals surface area contributed by atoms with Crippen molar-refractivity contribution in [2.24, 2.45) is 0 Å². The van der Waals surface area contributed by atoms with Crippen LogP contribution in [-0.2, 0) is 14.3 Å². The van der Waals surface area contributed by atoms with E-state index in [4.69, 9.17) is 4.74 Å². The van der Waals surface area contributed by atoms with E-state index in [0.29, 0.717) is 0 Å². The summed E-state index contributed by atoms with van der Waals surface area (Å²) in [5.41, 5.74) is 0. The van der Waals surface area contributed by atoms with Gasteiger partial charge in [0.15, 0.2) is 0 Å². The number of likely N-dealkylation sites (tertiary alicyclic amines) is 1. The average molecular weight is 242 g/mol. The molecule has 0 aromatic heterocycles. The second kappa shape index (κ2) is 5.01. The van der Waals surface area contributed by atoms with Gasteiger partial charge < -0.3 is 20.1 Å². The molecule has 2 atom stereocenters. The lowest BCUT2D eigenvalue weighted by atomic mass is 10.1. The van der Waals surface area contributed by atoms with Crippen molar-refractivity contribution in [2.45, 2.75) is 38.0 Å². The second-order valence-corrected chi connectivity index (χ2v) is 4.57. The molecule has 2 heterocycles. The van der Waals surface area contributed by atoms with Gasteiger partial charge in [0.2, 0.25) is 6.10 Å². The molecular formula is C11H18N2O4. The summed E-state index contributed by atoms with van der Waals surface area (Å²) in [5, 5.41) is 13.0. The predicted molar refractivity (Wildman–Crippen MR) is 59.2 cm³/mol. The number of aliphatic hydroxyl groups is 1. The molecule has 2 aliphatic rings. The van der Waals surface area contributed by atoms with E-state index in [2.05, 4.69) is 5.32 Å². The van der Waals surface area contributed by atoms with Crippen LogP contribution in [0, 0.1) is 0 Å². The van der Waals surface area contributed by atoms with E-state index in [1.807, 2.05) is 0 Å². The van der Waals surface area contributed by atoms with Gasteiger partial charge in [-0.15, -0.1) is 0 Å². The van der Waals surface area contributed by atoms with E-state index in [1.54, 1.807) is 4.90 Å². The number of β-amino-alcohol motifs (C(OH)–C–C–N with tert-alkyl or cyclic N) is 1. The molecule has 2 N–H and O–H groups in total. The van der Waals surface area contributed by atoms with Crippen LogP contribution in [0.3, 0.4) is 0 Å². The topological polar surface area (TPSA) is 78.9 Å². The summed E-state index contributed by atoms with van der Waals surface area (Å²) >= 11 is 0. The first-order valence-electron chi connectivity index (χ1n) is 5.96. The number of rotatable bonds is 2. The monoisotopic (exact) mass is 242 g/mol. The maximum atomic E-state index is 12.0. The fraction of sp³-hybridized carbons (Fsp3) is 0.818. The quantitative estimate of drug-likeness (QED) is 0.599. The highest BCUT2D eigenvalue weighted by Gasteiger charge is 2.44. The van der Waals surface area contributed by atoms with E-state index in [-0.39, 0.29) is 18.5 Å². The minimum atomic E-state index is -1.01. The number of ether oxygens (including phenoxy) is 1. The summed E-state index contributed by atoms with van der Waals surface area (Å²) in [6, 6.07) is 0.152. The fourth-order valence-corrected chi connectivity index (χ4v) is 2.47. The van der Waals surface area contributed by atoms with Crippen molar-refractivity contribution >= 4 is 11.9 Å². The van der Waals surface area contributed by atoms with Crippen molar-refractivity contribution < 1.29 is 19.4 Å². The molecule has 1 unspecified atom stereocenters. The number of nitrogens with zero attached hydrogens (tertiary/aromatic N) is 1. The minimum absolute atomic E-state index is 0.152. The Balaban J connectivity index is 2.01. The highest BCUT2D eigenvalue weighted by molar-refractivity contribution is 5.86.